The third-order valence-electron chi connectivity index (χ3n) is 4.09. The number of hydrogen-bond donors (Lipinski definition) is 0. The molecule has 0 radical (unpaired) electrons. The normalized spacial score (nSPS) is 40.8. The molecule has 0 atom stereocenters. The average Bonchev–Trinajstić information content (AvgIpc) is 2.58. The Balaban J connectivity index is 1.97. The Morgan fingerprint density at radius 3 is 2.25 bits per heavy atom. The summed E-state index contributed by atoms with van der Waals surface area (Å²) in [6.07, 6.45) is 12.3. The van der Waals surface area contributed by atoms with Crippen LogP contribution < -0.4 is 0 Å². The molecule has 0 amide bonds. The van der Waals surface area contributed by atoms with E-state index in [1.54, 1.807) is 12.8 Å². The molecular formula is C11H21P. The first kappa shape index (κ1) is 9.00. The van der Waals surface area contributed by atoms with Crippen molar-refractivity contribution >= 4 is 8.58 Å². The third kappa shape index (κ3) is 1.69. The van der Waals surface area contributed by atoms with Gasteiger partial charge in [0.25, 0.3) is 0 Å². The predicted molar refractivity (Wildman–Crippen MR) is 57.3 cm³/mol. The molecule has 2 aliphatic rings. The Morgan fingerprint density at radius 2 is 1.67 bits per heavy atom. The van der Waals surface area contributed by atoms with Gasteiger partial charge < -0.3 is 0 Å². The minimum Gasteiger partial charge on any atom is -0.122 e. The standard InChI is InChI=1S/C11H21P/c1-11(6-8-12-9-7-11)10-4-2-3-5-10/h10,12H,2-9H2,1H3. The lowest BCUT2D eigenvalue weighted by atomic mass is 9.72. The van der Waals surface area contributed by atoms with Crippen LogP contribution in [0.15, 0.2) is 0 Å². The second-order valence-corrected chi connectivity index (χ2v) is 6.39. The maximum Gasteiger partial charge on any atom is -0.0291 e. The molecule has 0 aromatic heterocycles. The molecule has 70 valence electrons. The SMILES string of the molecule is CC1(C2CCCC2)CCPCC1. The smallest absolute Gasteiger partial charge is 0.0291 e. The highest BCUT2D eigenvalue weighted by Gasteiger charge is 2.36. The van der Waals surface area contributed by atoms with Gasteiger partial charge in [0, 0.05) is 0 Å². The molecule has 0 bridgehead atoms. The zero-order chi connectivity index (χ0) is 8.44. The van der Waals surface area contributed by atoms with Gasteiger partial charge in [0.1, 0.15) is 0 Å². The van der Waals surface area contributed by atoms with E-state index < -0.39 is 0 Å². The molecule has 0 N–H and O–H groups in total. The molecule has 2 rings (SSSR count). The molecule has 12 heavy (non-hydrogen) atoms. The van der Waals surface area contributed by atoms with Gasteiger partial charge >= 0.3 is 0 Å². The quantitative estimate of drug-likeness (QED) is 0.546. The fraction of sp³-hybridized carbons (Fsp3) is 1.00. The van der Waals surface area contributed by atoms with Gasteiger partial charge in [-0.05, 0) is 49.3 Å². The molecule has 1 saturated carbocycles. The van der Waals surface area contributed by atoms with Gasteiger partial charge in [-0.15, -0.1) is 8.58 Å². The Bertz CT molecular complexity index is 141. The van der Waals surface area contributed by atoms with Crippen molar-refractivity contribution in [2.24, 2.45) is 11.3 Å². The van der Waals surface area contributed by atoms with Crippen molar-refractivity contribution in [1.29, 1.82) is 0 Å². The van der Waals surface area contributed by atoms with Crippen molar-refractivity contribution in [2.75, 3.05) is 12.3 Å². The van der Waals surface area contributed by atoms with Crippen LogP contribution in [0.3, 0.4) is 0 Å². The Hall–Kier alpha value is 0.430. The number of rotatable bonds is 1. The molecule has 2 fully saturated rings. The lowest BCUT2D eigenvalue weighted by Gasteiger charge is -2.39. The monoisotopic (exact) mass is 184 g/mol. The van der Waals surface area contributed by atoms with E-state index in [1.807, 2.05) is 0 Å². The highest BCUT2D eigenvalue weighted by atomic mass is 31.1. The van der Waals surface area contributed by atoms with E-state index in [1.165, 1.54) is 46.6 Å². The summed E-state index contributed by atoms with van der Waals surface area (Å²) >= 11 is 0. The highest BCUT2D eigenvalue weighted by molar-refractivity contribution is 7.38. The van der Waals surface area contributed by atoms with Crippen molar-refractivity contribution in [1.82, 2.24) is 0 Å². The van der Waals surface area contributed by atoms with E-state index >= 15 is 0 Å². The molecule has 0 aromatic carbocycles. The molecule has 0 spiro atoms. The third-order valence-corrected chi connectivity index (χ3v) is 5.29. The van der Waals surface area contributed by atoms with Gasteiger partial charge in [-0.25, -0.2) is 0 Å². The minimum atomic E-state index is 0.766. The Kier molecular flexibility index (Phi) is 2.75. The first-order chi connectivity index (χ1) is 5.81. The molecule has 1 saturated heterocycles. The molecule has 0 nitrogen and oxygen atoms in total. The Labute approximate surface area is 78.3 Å². The van der Waals surface area contributed by atoms with E-state index in [2.05, 4.69) is 6.92 Å². The van der Waals surface area contributed by atoms with Crippen LogP contribution in [0.4, 0.5) is 0 Å². The van der Waals surface area contributed by atoms with Crippen LogP contribution in [0.2, 0.25) is 0 Å². The molecular weight excluding hydrogens is 163 g/mol. The first-order valence-electron chi connectivity index (χ1n) is 5.52. The van der Waals surface area contributed by atoms with Gasteiger partial charge in [-0.2, -0.15) is 0 Å². The van der Waals surface area contributed by atoms with Crippen LogP contribution in [-0.2, 0) is 0 Å². The summed E-state index contributed by atoms with van der Waals surface area (Å²) in [5.41, 5.74) is 0.766. The first-order valence-corrected chi connectivity index (χ1v) is 6.93. The summed E-state index contributed by atoms with van der Waals surface area (Å²) in [5, 5.41) is 0. The summed E-state index contributed by atoms with van der Waals surface area (Å²) < 4.78 is 0. The molecule has 1 aliphatic carbocycles. The van der Waals surface area contributed by atoms with Crippen LogP contribution in [0.5, 0.6) is 0 Å². The number of hydrogen-bond acceptors (Lipinski definition) is 0. The van der Waals surface area contributed by atoms with Crippen LogP contribution in [0.25, 0.3) is 0 Å². The predicted octanol–water partition coefficient (Wildman–Crippen LogP) is 3.66. The van der Waals surface area contributed by atoms with Crippen molar-refractivity contribution in [3.8, 4) is 0 Å². The van der Waals surface area contributed by atoms with Gasteiger partial charge in [-0.1, -0.05) is 19.8 Å². The molecule has 0 aromatic rings. The lowest BCUT2D eigenvalue weighted by molar-refractivity contribution is 0.170. The van der Waals surface area contributed by atoms with Gasteiger partial charge in [-0.3, -0.25) is 0 Å². The molecule has 1 heterocycles. The largest absolute Gasteiger partial charge is 0.122 e. The summed E-state index contributed by atoms with van der Waals surface area (Å²) in [6, 6.07) is 0. The lowest BCUT2D eigenvalue weighted by Crippen LogP contribution is -2.29. The topological polar surface area (TPSA) is 0 Å². The van der Waals surface area contributed by atoms with Crippen molar-refractivity contribution < 1.29 is 0 Å². The Morgan fingerprint density at radius 1 is 1.08 bits per heavy atom. The van der Waals surface area contributed by atoms with Crippen LogP contribution >= 0.6 is 8.58 Å². The van der Waals surface area contributed by atoms with Gasteiger partial charge in [0.2, 0.25) is 0 Å². The average molecular weight is 184 g/mol. The summed E-state index contributed by atoms with van der Waals surface area (Å²) in [5.74, 6) is 1.10. The summed E-state index contributed by atoms with van der Waals surface area (Å²) in [6.45, 7) is 2.56. The minimum absolute atomic E-state index is 0.766. The van der Waals surface area contributed by atoms with E-state index in [0.29, 0.717) is 0 Å². The second kappa shape index (κ2) is 3.66. The summed E-state index contributed by atoms with van der Waals surface area (Å²) in [4.78, 5) is 0. The molecule has 0 unspecified atom stereocenters. The van der Waals surface area contributed by atoms with Crippen molar-refractivity contribution in [3.05, 3.63) is 0 Å². The van der Waals surface area contributed by atoms with E-state index in [9.17, 15) is 0 Å². The van der Waals surface area contributed by atoms with E-state index in [4.69, 9.17) is 0 Å². The van der Waals surface area contributed by atoms with Crippen molar-refractivity contribution in [2.45, 2.75) is 45.4 Å². The zero-order valence-electron chi connectivity index (χ0n) is 8.23. The van der Waals surface area contributed by atoms with Crippen LogP contribution in [0.1, 0.15) is 45.4 Å². The zero-order valence-corrected chi connectivity index (χ0v) is 9.23. The maximum atomic E-state index is 2.56. The van der Waals surface area contributed by atoms with Crippen molar-refractivity contribution in [3.63, 3.8) is 0 Å². The van der Waals surface area contributed by atoms with Crippen LogP contribution in [0, 0.1) is 11.3 Å². The molecule has 1 heteroatoms. The highest BCUT2D eigenvalue weighted by Crippen LogP contribution is 2.48. The van der Waals surface area contributed by atoms with Crippen LogP contribution in [-0.4, -0.2) is 12.3 Å². The fourth-order valence-corrected chi connectivity index (χ4v) is 4.77. The van der Waals surface area contributed by atoms with E-state index in [-0.39, 0.29) is 0 Å². The maximum absolute atomic E-state index is 2.56. The fourth-order valence-electron chi connectivity index (χ4n) is 3.03. The molecule has 1 aliphatic heterocycles. The van der Waals surface area contributed by atoms with Gasteiger partial charge in [0.05, 0.1) is 0 Å². The summed E-state index contributed by atoms with van der Waals surface area (Å²) in [7, 11) is 1.28. The van der Waals surface area contributed by atoms with E-state index in [0.717, 1.165) is 11.3 Å². The van der Waals surface area contributed by atoms with Gasteiger partial charge in [0.15, 0.2) is 0 Å². The second-order valence-electron chi connectivity index (χ2n) is 4.89.